The van der Waals surface area contributed by atoms with Crippen LogP contribution in [0.5, 0.6) is 5.75 Å². The second kappa shape index (κ2) is 6.45. The van der Waals surface area contributed by atoms with E-state index in [4.69, 9.17) is 0 Å². The Labute approximate surface area is 122 Å². The van der Waals surface area contributed by atoms with Crippen LogP contribution in [0.15, 0.2) is 40.2 Å². The standard InChI is InChI=1S/C13H12BrF2NOS/c1-17-11(12-10(14)5-6-19-12)8-3-2-4-9(7-8)18-13(15)16/h2-7,11,13,17H,1H3. The molecule has 1 heterocycles. The molecule has 1 atom stereocenters. The first-order valence-corrected chi connectivity index (χ1v) is 7.24. The van der Waals surface area contributed by atoms with Crippen LogP contribution in [0.1, 0.15) is 16.5 Å². The van der Waals surface area contributed by atoms with Gasteiger partial charge in [-0.15, -0.1) is 11.3 Å². The summed E-state index contributed by atoms with van der Waals surface area (Å²) in [7, 11) is 1.83. The van der Waals surface area contributed by atoms with Gasteiger partial charge in [0.05, 0.1) is 6.04 Å². The summed E-state index contributed by atoms with van der Waals surface area (Å²) in [5.74, 6) is 0.167. The van der Waals surface area contributed by atoms with Crippen LogP contribution in [0.3, 0.4) is 0 Å². The molecule has 0 saturated heterocycles. The second-order valence-electron chi connectivity index (χ2n) is 3.81. The number of alkyl halides is 2. The highest BCUT2D eigenvalue weighted by Crippen LogP contribution is 2.34. The number of halogens is 3. The lowest BCUT2D eigenvalue weighted by Gasteiger charge is -2.17. The molecule has 0 amide bonds. The highest BCUT2D eigenvalue weighted by Gasteiger charge is 2.17. The van der Waals surface area contributed by atoms with E-state index in [9.17, 15) is 8.78 Å². The van der Waals surface area contributed by atoms with Crippen LogP contribution >= 0.6 is 27.3 Å². The maximum atomic E-state index is 12.2. The smallest absolute Gasteiger partial charge is 0.387 e. The van der Waals surface area contributed by atoms with Gasteiger partial charge in [0.1, 0.15) is 5.75 Å². The number of hydrogen-bond acceptors (Lipinski definition) is 3. The zero-order chi connectivity index (χ0) is 13.8. The first kappa shape index (κ1) is 14.4. The summed E-state index contributed by atoms with van der Waals surface area (Å²) in [5, 5.41) is 5.15. The van der Waals surface area contributed by atoms with Gasteiger partial charge in [-0.2, -0.15) is 8.78 Å². The largest absolute Gasteiger partial charge is 0.435 e. The summed E-state index contributed by atoms with van der Waals surface area (Å²) >= 11 is 5.08. The summed E-state index contributed by atoms with van der Waals surface area (Å²) in [4.78, 5) is 1.09. The fraction of sp³-hybridized carbons (Fsp3) is 0.231. The summed E-state index contributed by atoms with van der Waals surface area (Å²) in [6.07, 6.45) is 0. The number of rotatable bonds is 5. The maximum absolute atomic E-state index is 12.2. The molecule has 0 aliphatic heterocycles. The van der Waals surface area contributed by atoms with Crippen LogP contribution < -0.4 is 10.1 Å². The van der Waals surface area contributed by atoms with Gasteiger partial charge < -0.3 is 10.1 Å². The summed E-state index contributed by atoms with van der Waals surface area (Å²) < 4.78 is 29.9. The molecule has 0 spiro atoms. The van der Waals surface area contributed by atoms with Gasteiger partial charge in [0.15, 0.2) is 0 Å². The minimum Gasteiger partial charge on any atom is -0.435 e. The van der Waals surface area contributed by atoms with Crippen LogP contribution in [0.25, 0.3) is 0 Å². The molecule has 6 heteroatoms. The monoisotopic (exact) mass is 347 g/mol. The fourth-order valence-corrected chi connectivity index (χ4v) is 3.57. The van der Waals surface area contributed by atoms with Crippen LogP contribution in [-0.2, 0) is 0 Å². The molecule has 0 bridgehead atoms. The van der Waals surface area contributed by atoms with E-state index in [0.29, 0.717) is 0 Å². The van der Waals surface area contributed by atoms with Crippen LogP contribution in [0, 0.1) is 0 Å². The molecule has 2 nitrogen and oxygen atoms in total. The quantitative estimate of drug-likeness (QED) is 0.864. The van der Waals surface area contributed by atoms with Gasteiger partial charge in [-0.25, -0.2) is 0 Å². The number of ether oxygens (including phenoxy) is 1. The van der Waals surface area contributed by atoms with Crippen molar-refractivity contribution in [1.82, 2.24) is 5.32 Å². The van der Waals surface area contributed by atoms with E-state index >= 15 is 0 Å². The summed E-state index contributed by atoms with van der Waals surface area (Å²) in [5.41, 5.74) is 0.879. The molecule has 1 aromatic heterocycles. The predicted molar refractivity (Wildman–Crippen MR) is 76.0 cm³/mol. The molecule has 0 aliphatic carbocycles. The minimum absolute atomic E-state index is 0.0596. The highest BCUT2D eigenvalue weighted by molar-refractivity contribution is 9.10. The number of hydrogen-bond donors (Lipinski definition) is 1. The molecule has 0 aliphatic rings. The Bertz CT molecular complexity index is 547. The van der Waals surface area contributed by atoms with Gasteiger partial charge in [-0.1, -0.05) is 12.1 Å². The van der Waals surface area contributed by atoms with Crippen molar-refractivity contribution in [2.24, 2.45) is 0 Å². The van der Waals surface area contributed by atoms with Gasteiger partial charge in [-0.05, 0) is 52.1 Å². The molecule has 0 saturated carbocycles. The predicted octanol–water partition coefficient (Wildman–Crippen LogP) is 4.42. The normalized spacial score (nSPS) is 12.7. The molecule has 0 fully saturated rings. The van der Waals surface area contributed by atoms with E-state index in [2.05, 4.69) is 26.0 Å². The van der Waals surface area contributed by atoms with Gasteiger partial charge in [0.2, 0.25) is 0 Å². The zero-order valence-electron chi connectivity index (χ0n) is 10.1. The molecule has 2 rings (SSSR count). The number of nitrogens with one attached hydrogen (secondary N) is 1. The molecule has 102 valence electrons. The average molecular weight is 348 g/mol. The van der Waals surface area contributed by atoms with E-state index in [1.165, 1.54) is 6.07 Å². The SMILES string of the molecule is CNC(c1cccc(OC(F)F)c1)c1sccc1Br. The van der Waals surface area contributed by atoms with Crippen molar-refractivity contribution in [3.05, 3.63) is 50.6 Å². The van der Waals surface area contributed by atoms with E-state index in [1.54, 1.807) is 23.5 Å². The first-order chi connectivity index (χ1) is 9.11. The van der Waals surface area contributed by atoms with E-state index < -0.39 is 6.61 Å². The van der Waals surface area contributed by atoms with Gasteiger partial charge in [-0.3, -0.25) is 0 Å². The molecule has 1 N–H and O–H groups in total. The maximum Gasteiger partial charge on any atom is 0.387 e. The molecule has 2 aromatic rings. The Morgan fingerprint density at radius 1 is 1.32 bits per heavy atom. The van der Waals surface area contributed by atoms with Crippen LogP contribution in [0.4, 0.5) is 8.78 Å². The molecular formula is C13H12BrF2NOS. The summed E-state index contributed by atoms with van der Waals surface area (Å²) in [6.45, 7) is -2.81. The molecule has 1 unspecified atom stereocenters. The highest BCUT2D eigenvalue weighted by atomic mass is 79.9. The second-order valence-corrected chi connectivity index (χ2v) is 5.61. The minimum atomic E-state index is -2.81. The Kier molecular flexibility index (Phi) is 4.90. The molecule has 1 aromatic carbocycles. The Hall–Kier alpha value is -0.980. The lowest BCUT2D eigenvalue weighted by molar-refractivity contribution is -0.0498. The molecule has 19 heavy (non-hydrogen) atoms. The summed E-state index contributed by atoms with van der Waals surface area (Å²) in [6, 6.07) is 8.63. The van der Waals surface area contributed by atoms with Crippen molar-refractivity contribution in [3.63, 3.8) is 0 Å². The van der Waals surface area contributed by atoms with Crippen molar-refractivity contribution in [2.45, 2.75) is 12.7 Å². The fourth-order valence-electron chi connectivity index (χ4n) is 1.83. The number of thiophene rings is 1. The van der Waals surface area contributed by atoms with Crippen molar-refractivity contribution in [3.8, 4) is 5.75 Å². The molecular weight excluding hydrogens is 336 g/mol. The third-order valence-electron chi connectivity index (χ3n) is 2.61. The van der Waals surface area contributed by atoms with Crippen molar-refractivity contribution in [2.75, 3.05) is 7.05 Å². The van der Waals surface area contributed by atoms with Gasteiger partial charge in [0, 0.05) is 9.35 Å². The Balaban J connectivity index is 2.31. The van der Waals surface area contributed by atoms with Crippen molar-refractivity contribution < 1.29 is 13.5 Å². The third kappa shape index (κ3) is 3.52. The van der Waals surface area contributed by atoms with Crippen LogP contribution in [0.2, 0.25) is 0 Å². The van der Waals surface area contributed by atoms with Gasteiger partial charge >= 0.3 is 6.61 Å². The molecule has 0 radical (unpaired) electrons. The van der Waals surface area contributed by atoms with Crippen molar-refractivity contribution in [1.29, 1.82) is 0 Å². The third-order valence-corrected chi connectivity index (χ3v) is 4.55. The Morgan fingerprint density at radius 2 is 2.11 bits per heavy atom. The topological polar surface area (TPSA) is 21.3 Å². The van der Waals surface area contributed by atoms with Gasteiger partial charge in [0.25, 0.3) is 0 Å². The number of benzene rings is 1. The van der Waals surface area contributed by atoms with E-state index in [1.807, 2.05) is 24.6 Å². The first-order valence-electron chi connectivity index (χ1n) is 5.56. The van der Waals surface area contributed by atoms with Crippen molar-refractivity contribution >= 4 is 27.3 Å². The average Bonchev–Trinajstić information content (AvgIpc) is 2.77. The van der Waals surface area contributed by atoms with E-state index in [-0.39, 0.29) is 11.8 Å². The lowest BCUT2D eigenvalue weighted by Crippen LogP contribution is -2.17. The Morgan fingerprint density at radius 3 is 2.68 bits per heavy atom. The zero-order valence-corrected chi connectivity index (χ0v) is 12.5. The van der Waals surface area contributed by atoms with Crippen LogP contribution in [-0.4, -0.2) is 13.7 Å². The van der Waals surface area contributed by atoms with E-state index in [0.717, 1.165) is 14.9 Å². The lowest BCUT2D eigenvalue weighted by atomic mass is 10.1.